The molecule has 0 bridgehead atoms. The van der Waals surface area contributed by atoms with Crippen molar-refractivity contribution in [3.05, 3.63) is 100 Å². The molecule has 5 nitrogen and oxygen atoms in total. The van der Waals surface area contributed by atoms with Gasteiger partial charge in [0, 0.05) is 10.6 Å². The third-order valence-electron chi connectivity index (χ3n) is 5.22. The second kappa shape index (κ2) is 7.85. The molecule has 0 unspecified atom stereocenters. The van der Waals surface area contributed by atoms with Gasteiger partial charge in [-0.1, -0.05) is 47.2 Å². The molecule has 3 aromatic carbocycles. The van der Waals surface area contributed by atoms with E-state index in [1.165, 1.54) is 34.4 Å². The van der Waals surface area contributed by atoms with Crippen LogP contribution in [0.3, 0.4) is 0 Å². The fourth-order valence-corrected chi connectivity index (χ4v) is 4.87. The monoisotopic (exact) mass is 464 g/mol. The molecule has 1 aromatic heterocycles. The summed E-state index contributed by atoms with van der Waals surface area (Å²) in [6.07, 6.45) is 0. The Labute approximate surface area is 191 Å². The Bertz CT molecular complexity index is 1380. The number of halogens is 2. The third kappa shape index (κ3) is 3.36. The Balaban J connectivity index is 1.74. The molecule has 158 valence electrons. The first-order valence-corrected chi connectivity index (χ1v) is 10.8. The standard InChI is InChI=1S/C24H14ClFN2O3S/c25-15-10-8-13(9-11-15)21(29)19-20(14-4-3-5-16(26)12-14)28(23(31)22(19)30)24-27-17-6-1-2-7-18(17)32-24/h1-12,20,29H/t20-/m1/s1. The van der Waals surface area contributed by atoms with E-state index in [-0.39, 0.29) is 16.5 Å². The molecule has 1 N–H and O–H groups in total. The van der Waals surface area contributed by atoms with E-state index in [2.05, 4.69) is 4.98 Å². The van der Waals surface area contributed by atoms with Crippen LogP contribution in [0, 0.1) is 5.82 Å². The van der Waals surface area contributed by atoms with Gasteiger partial charge in [-0.2, -0.15) is 0 Å². The highest BCUT2D eigenvalue weighted by molar-refractivity contribution is 7.22. The number of carbonyl (C=O) groups excluding carboxylic acids is 2. The summed E-state index contributed by atoms with van der Waals surface area (Å²) in [5, 5.41) is 11.8. The number of aromatic nitrogens is 1. The highest BCUT2D eigenvalue weighted by atomic mass is 35.5. The Morgan fingerprint density at radius 2 is 1.78 bits per heavy atom. The van der Waals surface area contributed by atoms with Gasteiger partial charge in [-0.3, -0.25) is 14.5 Å². The number of amides is 1. The van der Waals surface area contributed by atoms with Gasteiger partial charge in [0.25, 0.3) is 5.78 Å². The minimum atomic E-state index is -1.04. The maximum absolute atomic E-state index is 14.1. The number of anilines is 1. The molecule has 5 rings (SSSR count). The number of fused-ring (bicyclic) bond motifs is 1. The molecule has 1 saturated heterocycles. The van der Waals surface area contributed by atoms with Crippen molar-refractivity contribution in [1.29, 1.82) is 0 Å². The average molecular weight is 465 g/mol. The van der Waals surface area contributed by atoms with Gasteiger partial charge < -0.3 is 5.11 Å². The van der Waals surface area contributed by atoms with Crippen LogP contribution in [0.1, 0.15) is 17.2 Å². The second-order valence-corrected chi connectivity index (χ2v) is 8.64. The van der Waals surface area contributed by atoms with E-state index >= 15 is 0 Å². The number of hydrogen-bond acceptors (Lipinski definition) is 5. The molecule has 1 amide bonds. The smallest absolute Gasteiger partial charge is 0.301 e. The number of thiazole rings is 1. The number of hydrogen-bond donors (Lipinski definition) is 1. The van der Waals surface area contributed by atoms with E-state index in [1.807, 2.05) is 18.2 Å². The maximum Gasteiger partial charge on any atom is 0.301 e. The van der Waals surface area contributed by atoms with Gasteiger partial charge in [0.05, 0.1) is 21.8 Å². The van der Waals surface area contributed by atoms with Crippen LogP contribution in [0.25, 0.3) is 16.0 Å². The number of aliphatic hydroxyl groups is 1. The van der Waals surface area contributed by atoms with Crippen molar-refractivity contribution in [3.63, 3.8) is 0 Å². The van der Waals surface area contributed by atoms with E-state index in [1.54, 1.807) is 36.4 Å². The molecule has 8 heteroatoms. The van der Waals surface area contributed by atoms with Gasteiger partial charge in [-0.15, -0.1) is 0 Å². The summed E-state index contributed by atoms with van der Waals surface area (Å²) < 4.78 is 14.9. The Morgan fingerprint density at radius 1 is 1.03 bits per heavy atom. The summed E-state index contributed by atoms with van der Waals surface area (Å²) in [4.78, 5) is 32.0. The molecular weight excluding hydrogens is 451 g/mol. The number of rotatable bonds is 3. The fraction of sp³-hybridized carbons (Fsp3) is 0.0417. The third-order valence-corrected chi connectivity index (χ3v) is 6.50. The zero-order valence-electron chi connectivity index (χ0n) is 16.3. The molecule has 4 aromatic rings. The van der Waals surface area contributed by atoms with Crippen LogP contribution in [0.15, 0.2) is 78.4 Å². The predicted octanol–water partition coefficient (Wildman–Crippen LogP) is 5.72. The molecule has 0 aliphatic carbocycles. The SMILES string of the molecule is O=C1C(=O)N(c2nc3ccccc3s2)[C@H](c2cccc(F)c2)C1=C(O)c1ccc(Cl)cc1. The average Bonchev–Trinajstić information content (AvgIpc) is 3.32. The lowest BCUT2D eigenvalue weighted by molar-refractivity contribution is -0.132. The molecule has 32 heavy (non-hydrogen) atoms. The highest BCUT2D eigenvalue weighted by Crippen LogP contribution is 2.44. The van der Waals surface area contributed by atoms with Gasteiger partial charge in [0.15, 0.2) is 5.13 Å². The zero-order valence-corrected chi connectivity index (χ0v) is 17.9. The lowest BCUT2D eigenvalue weighted by Crippen LogP contribution is -2.29. The number of para-hydroxylation sites is 1. The molecule has 1 aliphatic rings. The van der Waals surface area contributed by atoms with Crippen LogP contribution in [-0.2, 0) is 9.59 Å². The van der Waals surface area contributed by atoms with Crippen LogP contribution in [0.5, 0.6) is 0 Å². The Kier molecular flexibility index (Phi) is 5.00. The number of Topliss-reactive ketones (excluding diaryl/α,β-unsaturated/α-hetero) is 1. The molecule has 1 fully saturated rings. The Hall–Kier alpha value is -3.55. The number of nitrogens with zero attached hydrogens (tertiary/aromatic N) is 2. The number of benzene rings is 3. The van der Waals surface area contributed by atoms with Crippen molar-refractivity contribution < 1.29 is 19.1 Å². The first-order chi connectivity index (χ1) is 15.4. The zero-order chi connectivity index (χ0) is 22.4. The van der Waals surface area contributed by atoms with E-state index in [0.29, 0.717) is 21.7 Å². The van der Waals surface area contributed by atoms with Crippen molar-refractivity contribution in [2.24, 2.45) is 0 Å². The van der Waals surface area contributed by atoms with Crippen LogP contribution in [-0.4, -0.2) is 21.8 Å². The Morgan fingerprint density at radius 3 is 2.50 bits per heavy atom. The summed E-state index contributed by atoms with van der Waals surface area (Å²) in [7, 11) is 0. The minimum absolute atomic E-state index is 0.137. The van der Waals surface area contributed by atoms with Crippen LogP contribution >= 0.6 is 22.9 Å². The van der Waals surface area contributed by atoms with Crippen LogP contribution in [0.4, 0.5) is 9.52 Å². The number of ketones is 1. The van der Waals surface area contributed by atoms with Gasteiger partial charge in [0.2, 0.25) is 0 Å². The van der Waals surface area contributed by atoms with Crippen molar-refractivity contribution in [1.82, 2.24) is 4.98 Å². The highest BCUT2D eigenvalue weighted by Gasteiger charge is 2.48. The summed E-state index contributed by atoms with van der Waals surface area (Å²) in [5.41, 5.74) is 1.20. The summed E-state index contributed by atoms with van der Waals surface area (Å²) >= 11 is 7.18. The predicted molar refractivity (Wildman–Crippen MR) is 122 cm³/mol. The molecule has 2 heterocycles. The largest absolute Gasteiger partial charge is 0.507 e. The molecule has 0 spiro atoms. The lowest BCUT2D eigenvalue weighted by Gasteiger charge is -2.23. The summed E-state index contributed by atoms with van der Waals surface area (Å²) in [6.45, 7) is 0. The summed E-state index contributed by atoms with van der Waals surface area (Å²) in [5.74, 6) is -2.60. The molecule has 0 saturated carbocycles. The van der Waals surface area contributed by atoms with Gasteiger partial charge >= 0.3 is 5.91 Å². The van der Waals surface area contributed by atoms with Crippen molar-refractivity contribution in [2.45, 2.75) is 6.04 Å². The molecule has 1 atom stereocenters. The molecule has 0 radical (unpaired) electrons. The quantitative estimate of drug-likeness (QED) is 0.239. The van der Waals surface area contributed by atoms with Gasteiger partial charge in [-0.05, 0) is 54.1 Å². The molecular formula is C24H14ClFN2O3S. The van der Waals surface area contributed by atoms with Crippen molar-refractivity contribution in [2.75, 3.05) is 4.90 Å². The summed E-state index contributed by atoms with van der Waals surface area (Å²) in [6, 6.07) is 18.1. The van der Waals surface area contributed by atoms with E-state index in [0.717, 1.165) is 4.70 Å². The normalized spacial score (nSPS) is 17.9. The van der Waals surface area contributed by atoms with E-state index in [9.17, 15) is 19.1 Å². The molecule has 1 aliphatic heterocycles. The van der Waals surface area contributed by atoms with E-state index in [4.69, 9.17) is 11.6 Å². The number of aliphatic hydroxyl groups excluding tert-OH is 1. The fourth-order valence-electron chi connectivity index (χ4n) is 3.75. The minimum Gasteiger partial charge on any atom is -0.507 e. The topological polar surface area (TPSA) is 70.5 Å². The van der Waals surface area contributed by atoms with Crippen LogP contribution < -0.4 is 4.90 Å². The lowest BCUT2D eigenvalue weighted by atomic mass is 9.95. The van der Waals surface area contributed by atoms with Crippen molar-refractivity contribution in [3.8, 4) is 0 Å². The maximum atomic E-state index is 14.1. The number of carbonyl (C=O) groups is 2. The first kappa shape index (κ1) is 20.4. The van der Waals surface area contributed by atoms with Gasteiger partial charge in [-0.25, -0.2) is 9.37 Å². The van der Waals surface area contributed by atoms with E-state index < -0.39 is 23.5 Å². The first-order valence-electron chi connectivity index (χ1n) is 9.62. The van der Waals surface area contributed by atoms with Gasteiger partial charge in [0.1, 0.15) is 11.6 Å². The van der Waals surface area contributed by atoms with Crippen molar-refractivity contribution >= 4 is 55.7 Å². The van der Waals surface area contributed by atoms with Crippen LogP contribution in [0.2, 0.25) is 5.02 Å². The second-order valence-electron chi connectivity index (χ2n) is 7.20.